The molecule has 1 aliphatic heterocycles. The van der Waals surface area contributed by atoms with Crippen LogP contribution in [0.15, 0.2) is 65.6 Å². The highest BCUT2D eigenvalue weighted by molar-refractivity contribution is 7.89. The molecule has 0 radical (unpaired) electrons. The second-order valence-corrected chi connectivity index (χ2v) is 11.2. The normalized spacial score (nSPS) is 15.9. The van der Waals surface area contributed by atoms with Gasteiger partial charge in [-0.1, -0.05) is 48.6 Å². The third-order valence-electron chi connectivity index (χ3n) is 6.00. The van der Waals surface area contributed by atoms with Gasteiger partial charge in [-0.25, -0.2) is 13.4 Å². The molecule has 0 spiro atoms. The number of piperidine rings is 1. The molecule has 32 heavy (non-hydrogen) atoms. The second kappa shape index (κ2) is 8.27. The van der Waals surface area contributed by atoms with Crippen molar-refractivity contribution in [2.45, 2.75) is 24.7 Å². The number of carbonyl (C=O) groups excluding carboxylic acids is 1. The zero-order valence-corrected chi connectivity index (χ0v) is 19.2. The van der Waals surface area contributed by atoms with Crippen molar-refractivity contribution < 1.29 is 13.2 Å². The average molecular weight is 466 g/mol. The fraction of sp³-hybridized carbons (Fsp3) is 0.250. The van der Waals surface area contributed by atoms with E-state index in [9.17, 15) is 13.2 Å². The number of amides is 1. The summed E-state index contributed by atoms with van der Waals surface area (Å²) in [5.41, 5.74) is 1.22. The number of thiazole rings is 1. The quantitative estimate of drug-likeness (QED) is 0.454. The molecule has 1 N–H and O–H groups in total. The van der Waals surface area contributed by atoms with Gasteiger partial charge in [0.1, 0.15) is 0 Å². The number of aromatic nitrogens is 1. The lowest BCUT2D eigenvalue weighted by molar-refractivity contribution is 0.102. The van der Waals surface area contributed by atoms with E-state index in [0.717, 1.165) is 33.8 Å². The molecule has 164 valence electrons. The zero-order valence-electron chi connectivity index (χ0n) is 17.6. The fourth-order valence-corrected chi connectivity index (χ4v) is 6.50. The van der Waals surface area contributed by atoms with Gasteiger partial charge < -0.3 is 0 Å². The highest BCUT2D eigenvalue weighted by Crippen LogP contribution is 2.33. The monoisotopic (exact) mass is 465 g/mol. The molecule has 5 rings (SSSR count). The Morgan fingerprint density at radius 1 is 1.03 bits per heavy atom. The van der Waals surface area contributed by atoms with Gasteiger partial charge in [0.2, 0.25) is 10.0 Å². The summed E-state index contributed by atoms with van der Waals surface area (Å²) in [6.07, 6.45) is 1.74. The molecule has 1 amide bonds. The standard InChI is InChI=1S/C24H23N3O3S2/c1-16-12-14-27(15-13-16)32(29,30)19-9-6-18(7-10-19)23(28)26-24-25-21-11-8-17-4-2-3-5-20(17)22(21)31-24/h2-11,16H,12-15H2,1H3,(H,25,26,28). The number of anilines is 1. The Balaban J connectivity index is 1.34. The van der Waals surface area contributed by atoms with Gasteiger partial charge in [-0.3, -0.25) is 10.1 Å². The van der Waals surface area contributed by atoms with Crippen molar-refractivity contribution in [3.63, 3.8) is 0 Å². The number of carbonyl (C=O) groups is 1. The van der Waals surface area contributed by atoms with E-state index in [1.54, 1.807) is 12.1 Å². The van der Waals surface area contributed by atoms with Crippen molar-refractivity contribution in [1.29, 1.82) is 0 Å². The van der Waals surface area contributed by atoms with E-state index in [-0.39, 0.29) is 10.8 Å². The summed E-state index contributed by atoms with van der Waals surface area (Å²) < 4.78 is 28.3. The molecule has 0 unspecified atom stereocenters. The van der Waals surface area contributed by atoms with Crippen LogP contribution >= 0.6 is 11.3 Å². The second-order valence-electron chi connectivity index (χ2n) is 8.22. The summed E-state index contributed by atoms with van der Waals surface area (Å²) in [6.45, 7) is 3.22. The van der Waals surface area contributed by atoms with Gasteiger partial charge in [-0.15, -0.1) is 0 Å². The molecule has 1 aromatic heterocycles. The van der Waals surface area contributed by atoms with Gasteiger partial charge in [0.25, 0.3) is 5.91 Å². The number of nitrogens with one attached hydrogen (secondary N) is 1. The zero-order chi connectivity index (χ0) is 22.3. The summed E-state index contributed by atoms with van der Waals surface area (Å²) in [7, 11) is -3.53. The van der Waals surface area contributed by atoms with Gasteiger partial charge in [-0.05, 0) is 54.5 Å². The van der Waals surface area contributed by atoms with Gasteiger partial charge in [0.05, 0.1) is 15.1 Å². The van der Waals surface area contributed by atoms with Gasteiger partial charge in [0, 0.05) is 24.0 Å². The van der Waals surface area contributed by atoms with Crippen LogP contribution in [0.4, 0.5) is 5.13 Å². The number of hydrogen-bond acceptors (Lipinski definition) is 5. The lowest BCUT2D eigenvalue weighted by Crippen LogP contribution is -2.37. The van der Waals surface area contributed by atoms with Crippen LogP contribution in [0.25, 0.3) is 21.0 Å². The minimum Gasteiger partial charge on any atom is -0.298 e. The Morgan fingerprint density at radius 3 is 2.50 bits per heavy atom. The summed E-state index contributed by atoms with van der Waals surface area (Å²) in [5, 5.41) is 5.59. The number of hydrogen-bond donors (Lipinski definition) is 1. The Hall–Kier alpha value is -2.81. The molecule has 4 aromatic rings. The summed E-state index contributed by atoms with van der Waals surface area (Å²) in [5.74, 6) is 0.233. The maximum Gasteiger partial charge on any atom is 0.257 e. The highest BCUT2D eigenvalue weighted by atomic mass is 32.2. The van der Waals surface area contributed by atoms with Crippen molar-refractivity contribution in [2.75, 3.05) is 18.4 Å². The lowest BCUT2D eigenvalue weighted by Gasteiger charge is -2.29. The number of fused-ring (bicyclic) bond motifs is 3. The SMILES string of the molecule is CC1CCN(S(=O)(=O)c2ccc(C(=O)Nc3nc4ccc5ccccc5c4s3)cc2)CC1. The predicted molar refractivity (Wildman–Crippen MR) is 129 cm³/mol. The first kappa shape index (κ1) is 21.1. The number of sulfonamides is 1. The minimum absolute atomic E-state index is 0.218. The van der Waals surface area contributed by atoms with Crippen LogP contribution in [0.5, 0.6) is 0 Å². The maximum atomic E-state index is 12.9. The molecule has 0 aliphatic carbocycles. The van der Waals surface area contributed by atoms with Gasteiger partial charge in [-0.2, -0.15) is 4.31 Å². The predicted octanol–water partition coefficient (Wildman–Crippen LogP) is 5.12. The van der Waals surface area contributed by atoms with Crippen LogP contribution in [0.2, 0.25) is 0 Å². The number of benzene rings is 3. The van der Waals surface area contributed by atoms with Crippen LogP contribution in [0.3, 0.4) is 0 Å². The van der Waals surface area contributed by atoms with E-state index in [4.69, 9.17) is 0 Å². The van der Waals surface area contributed by atoms with E-state index in [1.807, 2.05) is 36.4 Å². The summed E-state index contributed by atoms with van der Waals surface area (Å²) in [6, 6.07) is 18.2. The van der Waals surface area contributed by atoms with Gasteiger partial charge >= 0.3 is 0 Å². The van der Waals surface area contributed by atoms with E-state index in [1.165, 1.54) is 27.8 Å². The van der Waals surface area contributed by atoms with Crippen molar-refractivity contribution in [3.05, 3.63) is 66.2 Å². The van der Waals surface area contributed by atoms with Crippen LogP contribution in [-0.4, -0.2) is 36.7 Å². The van der Waals surface area contributed by atoms with Crippen LogP contribution in [0, 0.1) is 5.92 Å². The molecule has 0 saturated carbocycles. The van der Waals surface area contributed by atoms with Crippen molar-refractivity contribution >= 4 is 53.4 Å². The Labute approximate surface area is 190 Å². The summed E-state index contributed by atoms with van der Waals surface area (Å²) in [4.78, 5) is 17.5. The van der Waals surface area contributed by atoms with E-state index in [0.29, 0.717) is 29.7 Å². The molecule has 3 aromatic carbocycles. The molecule has 1 fully saturated rings. The Bertz CT molecular complexity index is 1400. The highest BCUT2D eigenvalue weighted by Gasteiger charge is 2.28. The van der Waals surface area contributed by atoms with Crippen LogP contribution in [0.1, 0.15) is 30.1 Å². The van der Waals surface area contributed by atoms with Crippen LogP contribution in [-0.2, 0) is 10.0 Å². The minimum atomic E-state index is -3.53. The molecule has 0 bridgehead atoms. The van der Waals surface area contributed by atoms with Crippen molar-refractivity contribution in [1.82, 2.24) is 9.29 Å². The van der Waals surface area contributed by atoms with E-state index >= 15 is 0 Å². The molecular weight excluding hydrogens is 442 g/mol. The molecular formula is C24H23N3O3S2. The molecule has 0 atom stereocenters. The maximum absolute atomic E-state index is 12.9. The van der Waals surface area contributed by atoms with Crippen LogP contribution < -0.4 is 5.32 Å². The van der Waals surface area contributed by atoms with Crippen molar-refractivity contribution in [2.24, 2.45) is 5.92 Å². The first-order chi connectivity index (χ1) is 15.4. The molecule has 6 nitrogen and oxygen atoms in total. The Morgan fingerprint density at radius 2 is 1.75 bits per heavy atom. The molecule has 8 heteroatoms. The van der Waals surface area contributed by atoms with Crippen molar-refractivity contribution in [3.8, 4) is 0 Å². The molecule has 1 saturated heterocycles. The van der Waals surface area contributed by atoms with E-state index in [2.05, 4.69) is 17.2 Å². The largest absolute Gasteiger partial charge is 0.298 e. The summed E-state index contributed by atoms with van der Waals surface area (Å²) >= 11 is 1.43. The number of rotatable bonds is 4. The topological polar surface area (TPSA) is 79.4 Å². The van der Waals surface area contributed by atoms with Gasteiger partial charge in [0.15, 0.2) is 5.13 Å². The lowest BCUT2D eigenvalue weighted by atomic mass is 10.0. The molecule has 2 heterocycles. The first-order valence-electron chi connectivity index (χ1n) is 10.6. The third kappa shape index (κ3) is 3.90. The van der Waals surface area contributed by atoms with E-state index < -0.39 is 10.0 Å². The number of nitrogens with zero attached hydrogens (tertiary/aromatic N) is 2. The Kier molecular flexibility index (Phi) is 5.44. The molecule has 1 aliphatic rings. The average Bonchev–Trinajstić information content (AvgIpc) is 3.22. The first-order valence-corrected chi connectivity index (χ1v) is 12.9. The fourth-order valence-electron chi connectivity index (χ4n) is 4.03. The smallest absolute Gasteiger partial charge is 0.257 e. The third-order valence-corrected chi connectivity index (χ3v) is 8.93.